The Morgan fingerprint density at radius 1 is 1.26 bits per heavy atom. The zero-order chi connectivity index (χ0) is 16.8. The number of aryl methyl sites for hydroxylation is 1. The second-order valence-corrected chi connectivity index (χ2v) is 6.07. The molecule has 2 rings (SSSR count). The summed E-state index contributed by atoms with van der Waals surface area (Å²) in [7, 11) is 3.57. The molecule has 0 heterocycles. The maximum atomic E-state index is 12.2. The van der Waals surface area contributed by atoms with E-state index in [1.165, 1.54) is 11.1 Å². The molecule has 0 aliphatic rings. The molecule has 1 amide bonds. The third-order valence-electron chi connectivity index (χ3n) is 3.65. The van der Waals surface area contributed by atoms with Crippen molar-refractivity contribution in [3.05, 3.63) is 58.6 Å². The van der Waals surface area contributed by atoms with E-state index in [2.05, 4.69) is 24.4 Å². The lowest BCUT2D eigenvalue weighted by Gasteiger charge is -2.16. The van der Waals surface area contributed by atoms with Gasteiger partial charge in [0.1, 0.15) is 12.3 Å². The number of ether oxygens (including phenoxy) is 1. The fraction of sp³-hybridized carbons (Fsp3) is 0.278. The van der Waals surface area contributed by atoms with E-state index < -0.39 is 0 Å². The maximum Gasteiger partial charge on any atom is 0.279 e. The molecule has 4 nitrogen and oxygen atoms in total. The van der Waals surface area contributed by atoms with Gasteiger partial charge in [0.25, 0.3) is 5.91 Å². The largest absolute Gasteiger partial charge is 0.495 e. The number of amides is 1. The summed E-state index contributed by atoms with van der Waals surface area (Å²) in [4.78, 5) is 13.4. The molecule has 0 spiro atoms. The molecule has 0 fully saturated rings. The van der Waals surface area contributed by atoms with Gasteiger partial charge in [-0.15, -0.1) is 0 Å². The number of nitrogens with one attached hydrogen (secondary N) is 2. The van der Waals surface area contributed by atoms with Crippen molar-refractivity contribution >= 4 is 23.2 Å². The summed E-state index contributed by atoms with van der Waals surface area (Å²) in [6.45, 7) is 3.25. The fourth-order valence-corrected chi connectivity index (χ4v) is 2.61. The highest BCUT2D eigenvalue weighted by Gasteiger charge is 2.14. The van der Waals surface area contributed by atoms with Crippen molar-refractivity contribution in [2.24, 2.45) is 0 Å². The quantitative estimate of drug-likeness (QED) is 0.852. The van der Waals surface area contributed by atoms with E-state index in [1.807, 2.05) is 19.2 Å². The fourth-order valence-electron chi connectivity index (χ4n) is 2.44. The van der Waals surface area contributed by atoms with Crippen LogP contribution in [-0.4, -0.2) is 26.6 Å². The summed E-state index contributed by atoms with van der Waals surface area (Å²) in [5.74, 6) is 0.524. The number of hydrogen-bond donors (Lipinski definition) is 2. The normalized spacial score (nSPS) is 11.8. The van der Waals surface area contributed by atoms with Crippen molar-refractivity contribution in [1.29, 1.82) is 0 Å². The van der Waals surface area contributed by atoms with Gasteiger partial charge in [0.05, 0.1) is 19.8 Å². The summed E-state index contributed by atoms with van der Waals surface area (Å²) < 4.78 is 5.24. The Morgan fingerprint density at radius 3 is 2.70 bits per heavy atom. The van der Waals surface area contributed by atoms with E-state index in [9.17, 15) is 4.79 Å². The number of halogens is 1. The molecule has 2 N–H and O–H groups in total. The molecule has 0 aliphatic heterocycles. The van der Waals surface area contributed by atoms with Crippen LogP contribution in [0.2, 0.25) is 5.02 Å². The van der Waals surface area contributed by atoms with Gasteiger partial charge < -0.3 is 15.0 Å². The van der Waals surface area contributed by atoms with Gasteiger partial charge in [-0.1, -0.05) is 35.9 Å². The Bertz CT molecular complexity index is 688. The maximum absolute atomic E-state index is 12.2. The van der Waals surface area contributed by atoms with Crippen molar-refractivity contribution in [3.63, 3.8) is 0 Å². The van der Waals surface area contributed by atoms with E-state index in [1.54, 1.807) is 25.3 Å². The molecule has 0 aliphatic carbocycles. The molecule has 0 bridgehead atoms. The predicted octanol–water partition coefficient (Wildman–Crippen LogP) is 2.31. The number of benzene rings is 2. The summed E-state index contributed by atoms with van der Waals surface area (Å²) in [6, 6.07) is 13.4. The Balaban J connectivity index is 1.97. The zero-order valence-electron chi connectivity index (χ0n) is 13.7. The average molecular weight is 334 g/mol. The molecular weight excluding hydrogens is 312 g/mol. The minimum Gasteiger partial charge on any atom is -0.495 e. The number of quaternary nitrogens is 1. The smallest absolute Gasteiger partial charge is 0.279 e. The first-order valence-electron chi connectivity index (χ1n) is 7.49. The van der Waals surface area contributed by atoms with E-state index >= 15 is 0 Å². The summed E-state index contributed by atoms with van der Waals surface area (Å²) in [5.41, 5.74) is 3.08. The Kier molecular flexibility index (Phi) is 6.02. The van der Waals surface area contributed by atoms with E-state index in [0.29, 0.717) is 23.0 Å². The highest BCUT2D eigenvalue weighted by molar-refractivity contribution is 6.31. The number of rotatable bonds is 6. The number of carbonyl (C=O) groups is 1. The van der Waals surface area contributed by atoms with E-state index in [4.69, 9.17) is 16.3 Å². The van der Waals surface area contributed by atoms with Gasteiger partial charge in [-0.3, -0.25) is 4.79 Å². The van der Waals surface area contributed by atoms with Crippen LogP contribution >= 0.6 is 11.6 Å². The molecule has 122 valence electrons. The topological polar surface area (TPSA) is 42.8 Å². The highest BCUT2D eigenvalue weighted by atomic mass is 35.5. The third-order valence-corrected chi connectivity index (χ3v) is 3.89. The molecule has 23 heavy (non-hydrogen) atoms. The molecule has 2 aromatic rings. The van der Waals surface area contributed by atoms with Crippen molar-refractivity contribution in [1.82, 2.24) is 0 Å². The minimum absolute atomic E-state index is 0.0725. The van der Waals surface area contributed by atoms with Crippen LogP contribution in [0, 0.1) is 6.92 Å². The van der Waals surface area contributed by atoms with Crippen molar-refractivity contribution in [2.45, 2.75) is 13.5 Å². The van der Waals surface area contributed by atoms with E-state index in [-0.39, 0.29) is 5.91 Å². The number of hydrogen-bond acceptors (Lipinski definition) is 2. The second kappa shape index (κ2) is 7.99. The van der Waals surface area contributed by atoms with Crippen LogP contribution < -0.4 is 15.0 Å². The first kappa shape index (κ1) is 17.3. The third kappa shape index (κ3) is 4.98. The highest BCUT2D eigenvalue weighted by Crippen LogP contribution is 2.27. The first-order chi connectivity index (χ1) is 11.0. The van der Waals surface area contributed by atoms with Crippen LogP contribution in [-0.2, 0) is 11.3 Å². The van der Waals surface area contributed by atoms with Crippen LogP contribution in [0.15, 0.2) is 42.5 Å². The van der Waals surface area contributed by atoms with E-state index in [0.717, 1.165) is 11.4 Å². The molecule has 2 aromatic carbocycles. The lowest BCUT2D eigenvalue weighted by atomic mass is 10.1. The molecular formula is C18H22ClN2O2+. The molecule has 1 atom stereocenters. The van der Waals surface area contributed by atoms with Gasteiger partial charge in [0.2, 0.25) is 0 Å². The number of likely N-dealkylation sites (N-methyl/N-ethyl adjacent to an activating group) is 1. The van der Waals surface area contributed by atoms with Crippen LogP contribution in [0.25, 0.3) is 0 Å². The number of anilines is 1. The van der Waals surface area contributed by atoms with Crippen molar-refractivity contribution < 1.29 is 14.4 Å². The Hall–Kier alpha value is -2.04. The van der Waals surface area contributed by atoms with Gasteiger partial charge in [-0.05, 0) is 30.7 Å². The summed E-state index contributed by atoms with van der Waals surface area (Å²) in [6.07, 6.45) is 0. The van der Waals surface area contributed by atoms with Gasteiger partial charge in [-0.2, -0.15) is 0 Å². The van der Waals surface area contributed by atoms with Crippen LogP contribution in [0.3, 0.4) is 0 Å². The Morgan fingerprint density at radius 2 is 2.00 bits per heavy atom. The SMILES string of the molecule is COc1ccc(Cl)cc1NC(=O)C[NH+](C)Cc1ccccc1C. The van der Waals surface area contributed by atoms with Crippen LogP contribution in [0.4, 0.5) is 5.69 Å². The lowest BCUT2D eigenvalue weighted by molar-refractivity contribution is -0.885. The lowest BCUT2D eigenvalue weighted by Crippen LogP contribution is -3.08. The van der Waals surface area contributed by atoms with Gasteiger partial charge in [-0.25, -0.2) is 0 Å². The average Bonchev–Trinajstić information content (AvgIpc) is 2.49. The summed E-state index contributed by atoms with van der Waals surface area (Å²) >= 11 is 5.98. The predicted molar refractivity (Wildman–Crippen MR) is 93.3 cm³/mol. The Labute approximate surface area is 142 Å². The molecule has 5 heteroatoms. The minimum atomic E-state index is -0.0725. The van der Waals surface area contributed by atoms with Crippen molar-refractivity contribution in [2.75, 3.05) is 26.0 Å². The van der Waals surface area contributed by atoms with Crippen LogP contribution in [0.1, 0.15) is 11.1 Å². The first-order valence-corrected chi connectivity index (χ1v) is 7.86. The summed E-state index contributed by atoms with van der Waals surface area (Å²) in [5, 5.41) is 3.42. The molecule has 0 aromatic heterocycles. The number of methoxy groups -OCH3 is 1. The van der Waals surface area contributed by atoms with Gasteiger partial charge >= 0.3 is 0 Å². The zero-order valence-corrected chi connectivity index (χ0v) is 14.4. The molecule has 1 unspecified atom stereocenters. The van der Waals surface area contributed by atoms with Crippen LogP contribution in [0.5, 0.6) is 5.75 Å². The number of carbonyl (C=O) groups excluding carboxylic acids is 1. The van der Waals surface area contributed by atoms with Gasteiger partial charge in [0.15, 0.2) is 6.54 Å². The second-order valence-electron chi connectivity index (χ2n) is 5.63. The monoisotopic (exact) mass is 333 g/mol. The van der Waals surface area contributed by atoms with Gasteiger partial charge in [0, 0.05) is 10.6 Å². The molecule has 0 saturated heterocycles. The molecule has 0 radical (unpaired) electrons. The van der Waals surface area contributed by atoms with Crippen molar-refractivity contribution in [3.8, 4) is 5.75 Å². The standard InChI is InChI=1S/C18H21ClN2O2/c1-13-6-4-5-7-14(13)11-21(2)12-18(22)20-16-10-15(19)8-9-17(16)23-3/h4-10H,11-12H2,1-3H3,(H,20,22)/p+1. The molecule has 0 saturated carbocycles.